The van der Waals surface area contributed by atoms with Gasteiger partial charge in [0, 0.05) is 127 Å². The Labute approximate surface area is 624 Å². The van der Waals surface area contributed by atoms with E-state index in [0.717, 1.165) is 33.4 Å². The molecule has 0 amide bonds. The van der Waals surface area contributed by atoms with Crippen LogP contribution in [0.1, 0.15) is 68.9 Å². The van der Waals surface area contributed by atoms with Crippen LogP contribution in [0.3, 0.4) is 0 Å². The lowest BCUT2D eigenvalue weighted by atomic mass is 9.96. The highest BCUT2D eigenvalue weighted by Gasteiger charge is 2.22. The summed E-state index contributed by atoms with van der Waals surface area (Å²) in [5.74, 6) is 0. The molecule has 500 valence electrons. The molecule has 98 heavy (non-hydrogen) atoms. The van der Waals surface area contributed by atoms with Crippen molar-refractivity contribution in [1.82, 2.24) is 38.2 Å². The zero-order valence-electron chi connectivity index (χ0n) is 52.0. The maximum Gasteiger partial charge on any atom is 0.102 e. The molecule has 4 aromatic heterocycles. The van der Waals surface area contributed by atoms with Crippen LogP contribution < -0.4 is 0 Å². The predicted molar refractivity (Wildman–Crippen MR) is 401 cm³/mol. The average molecular weight is 1520 g/mol. The molecule has 4 unspecified atom stereocenters. The van der Waals surface area contributed by atoms with Crippen LogP contribution >= 0.6 is 128 Å². The normalized spacial score (nSPS) is 12.2. The van der Waals surface area contributed by atoms with E-state index in [-0.39, 0.29) is 31.0 Å². The van der Waals surface area contributed by atoms with Gasteiger partial charge in [0.05, 0.1) is 70.8 Å². The fraction of sp³-hybridized carbons (Fsp3) is 0.132. The molecule has 0 aliphatic carbocycles. The molecule has 0 aliphatic rings. The van der Waals surface area contributed by atoms with Crippen LogP contribution in [0.2, 0.25) is 55.2 Å². The number of ether oxygens (including phenoxy) is 3. The topological polar surface area (TPSA) is 99.0 Å². The molecular formula is C76H61Cl11N8O3. The van der Waals surface area contributed by atoms with Crippen LogP contribution in [0.4, 0.5) is 0 Å². The third kappa shape index (κ3) is 21.7. The summed E-state index contributed by atoms with van der Waals surface area (Å²) in [6.45, 7) is 2.76. The van der Waals surface area contributed by atoms with E-state index < -0.39 is 0 Å². The summed E-state index contributed by atoms with van der Waals surface area (Å²) in [5, 5.41) is 6.43. The van der Waals surface area contributed by atoms with Gasteiger partial charge in [-0.15, -0.1) is 0 Å². The molecule has 0 N–H and O–H groups in total. The Bertz CT molecular complexity index is 4520. The number of hydrogen-bond acceptors (Lipinski definition) is 7. The molecule has 0 bridgehead atoms. The number of halogens is 11. The van der Waals surface area contributed by atoms with Crippen LogP contribution in [0, 0.1) is 0 Å². The van der Waals surface area contributed by atoms with Gasteiger partial charge < -0.3 is 32.5 Å². The Morgan fingerprint density at radius 1 is 0.316 bits per heavy atom. The Morgan fingerprint density at radius 2 is 0.714 bits per heavy atom. The second-order valence-electron chi connectivity index (χ2n) is 22.0. The molecule has 0 fully saturated rings. The molecule has 0 saturated carbocycles. The van der Waals surface area contributed by atoms with E-state index in [4.69, 9.17) is 142 Å². The van der Waals surface area contributed by atoms with Gasteiger partial charge in [-0.25, -0.2) is 19.9 Å². The van der Waals surface area contributed by atoms with Crippen LogP contribution in [0.15, 0.2) is 275 Å². The Morgan fingerprint density at radius 3 is 1.15 bits per heavy atom. The first-order valence-electron chi connectivity index (χ1n) is 30.5. The molecular weight excluding hydrogens is 1460 g/mol. The summed E-state index contributed by atoms with van der Waals surface area (Å²) in [5.41, 5.74) is 10.2. The van der Waals surface area contributed by atoms with Crippen molar-refractivity contribution in [3.63, 3.8) is 0 Å². The summed E-state index contributed by atoms with van der Waals surface area (Å²) in [4.78, 5) is 16.4. The molecule has 0 saturated heterocycles. The van der Waals surface area contributed by atoms with E-state index in [1.807, 2.05) is 118 Å². The maximum absolute atomic E-state index is 6.37. The van der Waals surface area contributed by atoms with Crippen molar-refractivity contribution in [1.29, 1.82) is 0 Å². The molecule has 22 heteroatoms. The molecule has 0 aliphatic heterocycles. The van der Waals surface area contributed by atoms with Crippen LogP contribution in [-0.2, 0) is 53.7 Å². The van der Waals surface area contributed by atoms with Gasteiger partial charge >= 0.3 is 0 Å². The first-order valence-corrected chi connectivity index (χ1v) is 34.6. The molecule has 13 rings (SSSR count). The van der Waals surface area contributed by atoms with E-state index in [9.17, 15) is 0 Å². The number of rotatable bonds is 22. The molecule has 0 spiro atoms. The molecule has 13 aromatic rings. The van der Waals surface area contributed by atoms with Crippen molar-refractivity contribution >= 4 is 128 Å². The lowest BCUT2D eigenvalue weighted by molar-refractivity contribution is 0.0280. The molecule has 4 heterocycles. The lowest BCUT2D eigenvalue weighted by Gasteiger charge is -2.21. The third-order valence-corrected chi connectivity index (χ3v) is 18.6. The number of nitrogens with zero attached hydrogens (tertiary/aromatic N) is 8. The third-order valence-electron chi connectivity index (χ3n) is 15.3. The second-order valence-corrected chi connectivity index (χ2v) is 26.7. The zero-order valence-corrected chi connectivity index (χ0v) is 60.3. The fourth-order valence-corrected chi connectivity index (χ4v) is 13.0. The van der Waals surface area contributed by atoms with Crippen molar-refractivity contribution in [2.45, 2.75) is 63.8 Å². The maximum atomic E-state index is 6.37. The summed E-state index contributed by atoms with van der Waals surface area (Å²) in [7, 11) is 0. The number of benzene rings is 9. The van der Waals surface area contributed by atoms with E-state index in [2.05, 4.69) is 97.3 Å². The number of imidazole rings is 4. The minimum Gasteiger partial charge on any atom is -0.367 e. The van der Waals surface area contributed by atoms with Gasteiger partial charge in [0.25, 0.3) is 0 Å². The van der Waals surface area contributed by atoms with Gasteiger partial charge in [-0.1, -0.05) is 255 Å². The number of hydrogen-bond donors (Lipinski definition) is 0. The summed E-state index contributed by atoms with van der Waals surface area (Å²) in [6.07, 6.45) is 20.9. The monoisotopic (exact) mass is 1520 g/mol. The van der Waals surface area contributed by atoms with Crippen LogP contribution in [0.25, 0.3) is 11.1 Å². The first-order chi connectivity index (χ1) is 47.6. The summed E-state index contributed by atoms with van der Waals surface area (Å²) < 4.78 is 26.3. The van der Waals surface area contributed by atoms with E-state index in [0.29, 0.717) is 88.1 Å². The number of aromatic nitrogens is 8. The van der Waals surface area contributed by atoms with E-state index in [1.54, 1.807) is 98.2 Å². The van der Waals surface area contributed by atoms with E-state index in [1.165, 1.54) is 22.3 Å². The largest absolute Gasteiger partial charge is 0.367 e. The van der Waals surface area contributed by atoms with Crippen molar-refractivity contribution in [3.8, 4) is 11.1 Å². The zero-order chi connectivity index (χ0) is 68.8. The average Bonchev–Trinajstić information content (AvgIpc) is 1.23. The Balaban J connectivity index is 0.000000142. The minimum atomic E-state index is -0.314. The van der Waals surface area contributed by atoms with Gasteiger partial charge in [0.1, 0.15) is 18.3 Å². The summed E-state index contributed by atoms with van der Waals surface area (Å²) >= 11 is 67.7. The Kier molecular flexibility index (Phi) is 28.1. The van der Waals surface area contributed by atoms with Crippen LogP contribution in [0.5, 0.6) is 0 Å². The lowest BCUT2D eigenvalue weighted by Crippen LogP contribution is -2.13. The molecule has 9 aromatic carbocycles. The molecule has 0 radical (unpaired) electrons. The highest BCUT2D eigenvalue weighted by atomic mass is 35.5. The van der Waals surface area contributed by atoms with Crippen molar-refractivity contribution < 1.29 is 14.2 Å². The summed E-state index contributed by atoms with van der Waals surface area (Å²) in [6, 6.07) is 64.4. The minimum absolute atomic E-state index is 0.138. The van der Waals surface area contributed by atoms with Crippen molar-refractivity contribution in [3.05, 3.63) is 375 Å². The fourth-order valence-electron chi connectivity index (χ4n) is 10.3. The van der Waals surface area contributed by atoms with Gasteiger partial charge in [-0.3, -0.25) is 0 Å². The van der Waals surface area contributed by atoms with Crippen molar-refractivity contribution in [2.75, 3.05) is 0 Å². The second kappa shape index (κ2) is 37.4. The van der Waals surface area contributed by atoms with Crippen molar-refractivity contribution in [2.24, 2.45) is 0 Å². The van der Waals surface area contributed by atoms with Gasteiger partial charge in [-0.2, -0.15) is 0 Å². The highest BCUT2D eigenvalue weighted by Crippen LogP contribution is 2.36. The molecule has 4 atom stereocenters. The standard InChI is InChI=1S/C22H18N2.2C18H14Cl4N2O.C18H15Cl3N2O/c1-3-7-18(8-4-1)19-11-13-21(14-12-19)22(24-16-15-23-17-24)20-9-5-2-6-10-20;19-13-2-1-12(16(21)7-13)10-25-18(9-24-6-5-23-11-24)15-4-3-14(20)8-17(15)22;19-12-4-5-13(17(22)8-12)18(9-24-7-6-23-11-24)25-10-14-15(20)2-1-3-16(14)21;19-14-3-1-13(2-4-14)11-24-18(10-23-8-7-22-12-23)16-6-5-15(20)9-17(16)21/h1-17,22H;2*1-8,11,18H,9-10H2;1-9,12,18H,10-11H2. The smallest absolute Gasteiger partial charge is 0.102 e. The van der Waals surface area contributed by atoms with Gasteiger partial charge in [-0.05, 0) is 106 Å². The van der Waals surface area contributed by atoms with Gasteiger partial charge in [0.15, 0.2) is 0 Å². The van der Waals surface area contributed by atoms with Crippen LogP contribution in [-0.4, -0.2) is 38.2 Å². The SMILES string of the molecule is Clc1ccc(C(Cn2ccnc2)OCc2c(Cl)cccc2Cl)c(Cl)c1.Clc1ccc(COC(Cn2ccnc2)c2ccc(Cl)cc2Cl)c(Cl)c1.Clc1ccc(COC(Cn2ccnc2)c2ccc(Cl)cc2Cl)cc1.c1ccc(-c2ccc(C(c3ccccc3)n3ccnc3)cc2)cc1. The van der Waals surface area contributed by atoms with Gasteiger partial charge in [0.2, 0.25) is 0 Å². The quantitative estimate of drug-likeness (QED) is 0.0666. The highest BCUT2D eigenvalue weighted by molar-refractivity contribution is 6.37. The Hall–Kier alpha value is -7.11. The first kappa shape index (κ1) is 73.6. The predicted octanol–water partition coefficient (Wildman–Crippen LogP) is 23.9. The van der Waals surface area contributed by atoms with E-state index >= 15 is 0 Å². The molecule has 11 nitrogen and oxygen atoms in total.